The average Bonchev–Trinajstić information content (AvgIpc) is 2.44. The summed E-state index contributed by atoms with van der Waals surface area (Å²) in [4.78, 5) is 12.3. The molecule has 0 unspecified atom stereocenters. The lowest BCUT2D eigenvalue weighted by Gasteiger charge is -2.24. The van der Waals surface area contributed by atoms with E-state index in [1.54, 1.807) is 11.0 Å². The molecule has 0 aliphatic heterocycles. The first kappa shape index (κ1) is 17.2. The number of hydrogen-bond donors (Lipinski definition) is 4. The zero-order chi connectivity index (χ0) is 16.0. The van der Waals surface area contributed by atoms with Crippen LogP contribution in [0.2, 0.25) is 0 Å². The zero-order valence-electron chi connectivity index (χ0n) is 12.1. The first-order valence-electron chi connectivity index (χ1n) is 6.71. The summed E-state index contributed by atoms with van der Waals surface area (Å²) in [6, 6.07) is 4.39. The van der Waals surface area contributed by atoms with Gasteiger partial charge in [-0.05, 0) is 19.1 Å². The Bertz CT molecular complexity index is 493. The van der Waals surface area contributed by atoms with Gasteiger partial charge in [0.2, 0.25) is 5.91 Å². The SMILES string of the molecule is CCN(CCO)c1ccc(NC(O)(O)CC)c([N+](=O)[O-])c1. The van der Waals surface area contributed by atoms with Gasteiger partial charge < -0.3 is 25.5 Å². The first-order valence-corrected chi connectivity index (χ1v) is 6.71. The van der Waals surface area contributed by atoms with E-state index in [0.29, 0.717) is 18.8 Å². The van der Waals surface area contributed by atoms with E-state index < -0.39 is 10.8 Å². The van der Waals surface area contributed by atoms with Crippen LogP contribution < -0.4 is 10.2 Å². The molecule has 0 aliphatic rings. The second-order valence-corrected chi connectivity index (χ2v) is 4.56. The molecule has 0 heterocycles. The van der Waals surface area contributed by atoms with Crippen LogP contribution in [-0.4, -0.2) is 45.9 Å². The molecule has 0 radical (unpaired) electrons. The maximum atomic E-state index is 11.2. The van der Waals surface area contributed by atoms with Gasteiger partial charge in [0.15, 0.2) is 0 Å². The normalized spacial score (nSPS) is 11.3. The fourth-order valence-electron chi connectivity index (χ4n) is 1.87. The molecule has 1 aromatic rings. The number of nitrogens with one attached hydrogen (secondary N) is 1. The van der Waals surface area contributed by atoms with Crippen molar-refractivity contribution in [2.45, 2.75) is 26.2 Å². The van der Waals surface area contributed by atoms with E-state index in [9.17, 15) is 20.3 Å². The van der Waals surface area contributed by atoms with Gasteiger partial charge in [0.1, 0.15) is 5.69 Å². The minimum atomic E-state index is -2.21. The van der Waals surface area contributed by atoms with Crippen LogP contribution in [0.1, 0.15) is 20.3 Å². The number of nitrogens with zero attached hydrogens (tertiary/aromatic N) is 2. The Balaban J connectivity index is 3.15. The molecule has 0 amide bonds. The van der Waals surface area contributed by atoms with Crippen LogP contribution in [0.5, 0.6) is 0 Å². The fourth-order valence-corrected chi connectivity index (χ4v) is 1.87. The Morgan fingerprint density at radius 3 is 2.52 bits per heavy atom. The number of aliphatic hydroxyl groups is 3. The molecule has 21 heavy (non-hydrogen) atoms. The number of anilines is 2. The lowest BCUT2D eigenvalue weighted by atomic mass is 10.2. The van der Waals surface area contributed by atoms with Crippen LogP contribution >= 0.6 is 0 Å². The lowest BCUT2D eigenvalue weighted by Crippen LogP contribution is -2.37. The van der Waals surface area contributed by atoms with Crippen LogP contribution in [0.15, 0.2) is 18.2 Å². The third-order valence-electron chi connectivity index (χ3n) is 3.12. The third-order valence-corrected chi connectivity index (χ3v) is 3.12. The van der Waals surface area contributed by atoms with Crippen molar-refractivity contribution in [3.8, 4) is 0 Å². The second kappa shape index (κ2) is 7.21. The van der Waals surface area contributed by atoms with Gasteiger partial charge >= 0.3 is 0 Å². The van der Waals surface area contributed by atoms with Gasteiger partial charge in [-0.25, -0.2) is 0 Å². The summed E-state index contributed by atoms with van der Waals surface area (Å²) in [5.74, 6) is -2.21. The van der Waals surface area contributed by atoms with Crippen molar-refractivity contribution in [2.24, 2.45) is 0 Å². The summed E-state index contributed by atoms with van der Waals surface area (Å²) < 4.78 is 0. The van der Waals surface area contributed by atoms with Gasteiger partial charge in [0.25, 0.3) is 5.69 Å². The molecule has 0 atom stereocenters. The van der Waals surface area contributed by atoms with Gasteiger partial charge in [-0.3, -0.25) is 10.1 Å². The number of aliphatic hydroxyl groups excluding tert-OH is 1. The van der Waals surface area contributed by atoms with Crippen molar-refractivity contribution in [2.75, 3.05) is 29.9 Å². The zero-order valence-corrected chi connectivity index (χ0v) is 12.1. The Morgan fingerprint density at radius 2 is 2.05 bits per heavy atom. The molecule has 0 aliphatic carbocycles. The minimum Gasteiger partial charge on any atom is -0.395 e. The largest absolute Gasteiger partial charge is 0.395 e. The van der Waals surface area contributed by atoms with E-state index >= 15 is 0 Å². The van der Waals surface area contributed by atoms with Gasteiger partial charge in [-0.1, -0.05) is 6.92 Å². The molecule has 0 spiro atoms. The fraction of sp³-hybridized carbons (Fsp3) is 0.538. The quantitative estimate of drug-likeness (QED) is 0.319. The molecule has 0 bridgehead atoms. The Hall–Kier alpha value is -1.90. The molecular weight excluding hydrogens is 278 g/mol. The highest BCUT2D eigenvalue weighted by Gasteiger charge is 2.25. The van der Waals surface area contributed by atoms with E-state index in [2.05, 4.69) is 5.32 Å². The van der Waals surface area contributed by atoms with E-state index in [1.165, 1.54) is 19.1 Å². The van der Waals surface area contributed by atoms with Crippen LogP contribution in [-0.2, 0) is 0 Å². The summed E-state index contributed by atoms with van der Waals surface area (Å²) in [6.45, 7) is 4.29. The van der Waals surface area contributed by atoms with Crippen LogP contribution in [0.25, 0.3) is 0 Å². The molecule has 0 saturated heterocycles. The summed E-state index contributed by atoms with van der Waals surface area (Å²) in [5.41, 5.74) is 0.349. The van der Waals surface area contributed by atoms with Gasteiger partial charge in [0.05, 0.1) is 11.5 Å². The van der Waals surface area contributed by atoms with Gasteiger partial charge in [-0.2, -0.15) is 0 Å². The van der Waals surface area contributed by atoms with Gasteiger partial charge in [-0.15, -0.1) is 0 Å². The van der Waals surface area contributed by atoms with Crippen molar-refractivity contribution in [3.05, 3.63) is 28.3 Å². The summed E-state index contributed by atoms with van der Waals surface area (Å²) >= 11 is 0. The molecule has 0 saturated carbocycles. The van der Waals surface area contributed by atoms with Crippen molar-refractivity contribution >= 4 is 17.1 Å². The standard InChI is InChI=1S/C13H21N3O5/c1-3-13(18,19)14-11-6-5-10(9-12(11)16(20)21)15(4-2)7-8-17/h5-6,9,14,17-19H,3-4,7-8H2,1-2H3. The van der Waals surface area contributed by atoms with Crippen LogP contribution in [0, 0.1) is 10.1 Å². The van der Waals surface area contributed by atoms with Crippen molar-refractivity contribution < 1.29 is 20.2 Å². The molecular formula is C13H21N3O5. The van der Waals surface area contributed by atoms with Crippen molar-refractivity contribution in [1.29, 1.82) is 0 Å². The highest BCUT2D eigenvalue weighted by molar-refractivity contribution is 5.69. The molecule has 1 rings (SSSR count). The molecule has 4 N–H and O–H groups in total. The Morgan fingerprint density at radius 1 is 1.38 bits per heavy atom. The van der Waals surface area contributed by atoms with E-state index in [-0.39, 0.29) is 24.4 Å². The predicted molar refractivity (Wildman–Crippen MR) is 79.2 cm³/mol. The number of nitro groups is 1. The first-order chi connectivity index (χ1) is 9.84. The number of benzene rings is 1. The van der Waals surface area contributed by atoms with Crippen molar-refractivity contribution in [3.63, 3.8) is 0 Å². The van der Waals surface area contributed by atoms with E-state index in [0.717, 1.165) is 0 Å². The third kappa shape index (κ3) is 4.55. The highest BCUT2D eigenvalue weighted by Crippen LogP contribution is 2.31. The maximum Gasteiger partial charge on any atom is 0.294 e. The second-order valence-electron chi connectivity index (χ2n) is 4.56. The predicted octanol–water partition coefficient (Wildman–Crippen LogP) is 0.874. The number of rotatable bonds is 8. The van der Waals surface area contributed by atoms with E-state index in [1.807, 2.05) is 6.92 Å². The molecule has 8 nitrogen and oxygen atoms in total. The number of nitro benzene ring substituents is 1. The number of likely N-dealkylation sites (N-methyl/N-ethyl adjacent to an activating group) is 1. The van der Waals surface area contributed by atoms with E-state index in [4.69, 9.17) is 5.11 Å². The lowest BCUT2D eigenvalue weighted by molar-refractivity contribution is -0.384. The average molecular weight is 299 g/mol. The Labute approximate surface area is 122 Å². The minimum absolute atomic E-state index is 0.0238. The van der Waals surface area contributed by atoms with Gasteiger partial charge in [0, 0.05) is 31.3 Å². The molecule has 8 heteroatoms. The molecule has 118 valence electrons. The molecule has 0 fully saturated rings. The van der Waals surface area contributed by atoms with Crippen LogP contribution in [0.3, 0.4) is 0 Å². The summed E-state index contributed by atoms with van der Waals surface area (Å²) in [5, 5.41) is 41.6. The monoisotopic (exact) mass is 299 g/mol. The van der Waals surface area contributed by atoms with Crippen LogP contribution in [0.4, 0.5) is 17.1 Å². The smallest absolute Gasteiger partial charge is 0.294 e. The van der Waals surface area contributed by atoms with Crippen molar-refractivity contribution in [1.82, 2.24) is 0 Å². The molecule has 0 aromatic heterocycles. The topological polar surface area (TPSA) is 119 Å². The summed E-state index contributed by atoms with van der Waals surface area (Å²) in [7, 11) is 0. The highest BCUT2D eigenvalue weighted by atomic mass is 16.6. The Kier molecular flexibility index (Phi) is 5.89. The maximum absolute atomic E-state index is 11.2. The number of hydrogen-bond acceptors (Lipinski definition) is 7. The molecule has 1 aromatic carbocycles. The summed E-state index contributed by atoms with van der Waals surface area (Å²) in [6.07, 6.45) is -0.0303.